The molecular formula is C25H30N2O3S. The lowest BCUT2D eigenvalue weighted by Gasteiger charge is -2.39. The number of aliphatic hydroxyl groups is 2. The van der Waals surface area contributed by atoms with E-state index in [0.29, 0.717) is 19.4 Å². The molecule has 1 fully saturated rings. The summed E-state index contributed by atoms with van der Waals surface area (Å²) in [4.78, 5) is 7.91. The number of fused-ring (bicyclic) bond motifs is 1. The Hall–Kier alpha value is -2.12. The number of β-amino-alcohol motifs (C(OH)–C–C–N with tert-alkyl or cyclic N) is 1. The van der Waals surface area contributed by atoms with Crippen LogP contribution in [0.5, 0.6) is 5.75 Å². The quantitative estimate of drug-likeness (QED) is 0.544. The number of rotatable bonds is 7. The minimum Gasteiger partial charge on any atom is -0.491 e. The molecule has 0 spiro atoms. The second kappa shape index (κ2) is 9.57. The van der Waals surface area contributed by atoms with Gasteiger partial charge in [-0.25, -0.2) is 0 Å². The zero-order valence-electron chi connectivity index (χ0n) is 18.1. The first-order valence-corrected chi connectivity index (χ1v) is 11.9. The molecule has 6 heteroatoms. The second-order valence-electron chi connectivity index (χ2n) is 8.35. The van der Waals surface area contributed by atoms with Gasteiger partial charge in [-0.1, -0.05) is 18.2 Å². The maximum absolute atomic E-state index is 11.2. The van der Waals surface area contributed by atoms with Crippen molar-refractivity contribution >= 4 is 22.7 Å². The summed E-state index contributed by atoms with van der Waals surface area (Å²) < 4.78 is 5.85. The van der Waals surface area contributed by atoms with Gasteiger partial charge >= 0.3 is 0 Å². The first-order valence-electron chi connectivity index (χ1n) is 10.7. The van der Waals surface area contributed by atoms with Crippen molar-refractivity contribution in [1.82, 2.24) is 9.88 Å². The molecule has 1 saturated heterocycles. The van der Waals surface area contributed by atoms with Crippen LogP contribution in [0.2, 0.25) is 0 Å². The summed E-state index contributed by atoms with van der Waals surface area (Å²) in [5, 5.41) is 22.7. The van der Waals surface area contributed by atoms with Crippen LogP contribution in [0.1, 0.15) is 24.0 Å². The maximum atomic E-state index is 11.2. The Morgan fingerprint density at radius 3 is 2.68 bits per heavy atom. The second-order valence-corrected chi connectivity index (χ2v) is 9.22. The number of aromatic nitrogens is 1. The zero-order chi connectivity index (χ0) is 21.8. The van der Waals surface area contributed by atoms with Crippen molar-refractivity contribution in [2.24, 2.45) is 0 Å². The Morgan fingerprint density at radius 1 is 1.16 bits per heavy atom. The van der Waals surface area contributed by atoms with Gasteiger partial charge in [0.2, 0.25) is 0 Å². The van der Waals surface area contributed by atoms with E-state index in [1.54, 1.807) is 18.0 Å². The number of aryl methyl sites for hydroxylation is 1. The SMILES string of the molecule is CSc1ccc(OC[C@@H](O)CN2CCC(O)(c3cnc4ccccc4c3)CC2)c(C)c1. The first kappa shape index (κ1) is 22.1. The zero-order valence-corrected chi connectivity index (χ0v) is 18.9. The van der Waals surface area contributed by atoms with Crippen LogP contribution in [0.4, 0.5) is 0 Å². The smallest absolute Gasteiger partial charge is 0.122 e. The molecule has 1 aromatic heterocycles. The number of hydrogen-bond donors (Lipinski definition) is 2. The van der Waals surface area contributed by atoms with Crippen LogP contribution in [0.25, 0.3) is 10.9 Å². The molecule has 2 heterocycles. The fourth-order valence-electron chi connectivity index (χ4n) is 4.17. The monoisotopic (exact) mass is 438 g/mol. The number of benzene rings is 2. The molecule has 0 amide bonds. The largest absolute Gasteiger partial charge is 0.491 e. The highest BCUT2D eigenvalue weighted by Gasteiger charge is 2.34. The first-order chi connectivity index (χ1) is 15.0. The van der Waals surface area contributed by atoms with E-state index < -0.39 is 11.7 Å². The van der Waals surface area contributed by atoms with Crippen LogP contribution in [-0.4, -0.2) is 58.7 Å². The predicted molar refractivity (Wildman–Crippen MR) is 126 cm³/mol. The summed E-state index contributed by atoms with van der Waals surface area (Å²) in [6, 6.07) is 16.1. The lowest BCUT2D eigenvalue weighted by Crippen LogP contribution is -2.46. The summed E-state index contributed by atoms with van der Waals surface area (Å²) in [7, 11) is 0. The topological polar surface area (TPSA) is 65.8 Å². The van der Waals surface area contributed by atoms with Crippen molar-refractivity contribution in [2.45, 2.75) is 36.4 Å². The van der Waals surface area contributed by atoms with Gasteiger partial charge in [-0.05, 0) is 61.9 Å². The number of aliphatic hydroxyl groups excluding tert-OH is 1. The fourth-order valence-corrected chi connectivity index (χ4v) is 4.67. The highest BCUT2D eigenvalue weighted by molar-refractivity contribution is 7.98. The number of piperidine rings is 1. The van der Waals surface area contributed by atoms with Gasteiger partial charge in [0.05, 0.1) is 11.1 Å². The third-order valence-corrected chi connectivity index (χ3v) is 6.82. The van der Waals surface area contributed by atoms with E-state index in [9.17, 15) is 10.2 Å². The molecule has 2 aromatic carbocycles. The lowest BCUT2D eigenvalue weighted by atomic mass is 9.84. The average Bonchev–Trinajstić information content (AvgIpc) is 2.79. The van der Waals surface area contributed by atoms with Gasteiger partial charge in [-0.2, -0.15) is 0 Å². The summed E-state index contributed by atoms with van der Waals surface area (Å²) >= 11 is 1.70. The van der Waals surface area contributed by atoms with E-state index in [2.05, 4.69) is 22.2 Å². The Balaban J connectivity index is 1.30. The fraction of sp³-hybridized carbons (Fsp3) is 0.400. The molecule has 0 radical (unpaired) electrons. The summed E-state index contributed by atoms with van der Waals surface area (Å²) in [6.45, 7) is 4.26. The lowest BCUT2D eigenvalue weighted by molar-refractivity contribution is -0.0373. The van der Waals surface area contributed by atoms with Crippen LogP contribution in [-0.2, 0) is 5.60 Å². The molecule has 0 unspecified atom stereocenters. The van der Waals surface area contributed by atoms with Crippen molar-refractivity contribution in [2.75, 3.05) is 32.5 Å². The van der Waals surface area contributed by atoms with Gasteiger partial charge in [0, 0.05) is 41.7 Å². The number of hydrogen-bond acceptors (Lipinski definition) is 6. The van der Waals surface area contributed by atoms with Gasteiger partial charge < -0.3 is 19.8 Å². The van der Waals surface area contributed by atoms with E-state index in [0.717, 1.165) is 40.9 Å². The van der Waals surface area contributed by atoms with E-state index in [1.807, 2.05) is 49.4 Å². The minimum absolute atomic E-state index is 0.259. The third kappa shape index (κ3) is 5.21. The highest BCUT2D eigenvalue weighted by Crippen LogP contribution is 2.33. The molecule has 5 nitrogen and oxygen atoms in total. The van der Waals surface area contributed by atoms with Gasteiger partial charge in [-0.3, -0.25) is 4.98 Å². The van der Waals surface area contributed by atoms with Crippen molar-refractivity contribution in [3.05, 3.63) is 65.9 Å². The number of thioether (sulfide) groups is 1. The molecule has 4 rings (SSSR count). The Kier molecular flexibility index (Phi) is 6.82. The van der Waals surface area contributed by atoms with Gasteiger partial charge in [0.1, 0.15) is 18.5 Å². The summed E-state index contributed by atoms with van der Waals surface area (Å²) in [5.74, 6) is 0.814. The molecule has 1 atom stereocenters. The summed E-state index contributed by atoms with van der Waals surface area (Å²) in [6.07, 6.45) is 4.51. The van der Waals surface area contributed by atoms with Crippen LogP contribution < -0.4 is 4.74 Å². The van der Waals surface area contributed by atoms with Crippen molar-refractivity contribution < 1.29 is 14.9 Å². The average molecular weight is 439 g/mol. The summed E-state index contributed by atoms with van der Waals surface area (Å²) in [5.41, 5.74) is 2.02. The van der Waals surface area contributed by atoms with Crippen LogP contribution in [0.15, 0.2) is 59.6 Å². The molecule has 31 heavy (non-hydrogen) atoms. The molecule has 0 saturated carbocycles. The van der Waals surface area contributed by atoms with Crippen LogP contribution >= 0.6 is 11.8 Å². The number of pyridine rings is 1. The minimum atomic E-state index is -0.870. The Labute approximate surface area is 188 Å². The van der Waals surface area contributed by atoms with Crippen LogP contribution in [0, 0.1) is 6.92 Å². The van der Waals surface area contributed by atoms with Gasteiger partial charge in [0.25, 0.3) is 0 Å². The molecule has 3 aromatic rings. The van der Waals surface area contributed by atoms with E-state index in [4.69, 9.17) is 4.74 Å². The molecule has 0 bridgehead atoms. The third-order valence-electron chi connectivity index (χ3n) is 6.09. The van der Waals surface area contributed by atoms with Gasteiger partial charge in [0.15, 0.2) is 0 Å². The Morgan fingerprint density at radius 2 is 1.94 bits per heavy atom. The molecule has 1 aliphatic rings. The predicted octanol–water partition coefficient (Wildman–Crippen LogP) is 3.99. The molecule has 0 aliphatic carbocycles. The number of ether oxygens (including phenoxy) is 1. The van der Waals surface area contributed by atoms with Crippen molar-refractivity contribution in [3.8, 4) is 5.75 Å². The standard InChI is InChI=1S/C25H30N2O3S/c1-18-13-22(31-2)7-8-24(18)30-17-21(28)16-27-11-9-25(29,10-12-27)20-14-19-5-3-4-6-23(19)26-15-20/h3-8,13-15,21,28-29H,9-12,16-17H2,1-2H3/t21-/m0/s1. The molecule has 2 N–H and O–H groups in total. The van der Waals surface area contributed by atoms with Gasteiger partial charge in [-0.15, -0.1) is 11.8 Å². The number of para-hydroxylation sites is 1. The number of likely N-dealkylation sites (tertiary alicyclic amines) is 1. The molecular weight excluding hydrogens is 408 g/mol. The van der Waals surface area contributed by atoms with Crippen LogP contribution in [0.3, 0.4) is 0 Å². The Bertz CT molecular complexity index is 1030. The molecule has 1 aliphatic heterocycles. The maximum Gasteiger partial charge on any atom is 0.122 e. The van der Waals surface area contributed by atoms with E-state index in [1.165, 1.54) is 4.90 Å². The van der Waals surface area contributed by atoms with E-state index >= 15 is 0 Å². The normalized spacial score (nSPS) is 17.5. The number of nitrogens with zero attached hydrogens (tertiary/aromatic N) is 2. The molecule has 164 valence electrons. The highest BCUT2D eigenvalue weighted by atomic mass is 32.2. The van der Waals surface area contributed by atoms with Crippen molar-refractivity contribution in [3.63, 3.8) is 0 Å². The van der Waals surface area contributed by atoms with Crippen molar-refractivity contribution in [1.29, 1.82) is 0 Å². The van der Waals surface area contributed by atoms with E-state index in [-0.39, 0.29) is 6.61 Å².